The lowest BCUT2D eigenvalue weighted by Crippen LogP contribution is -2.30. The average molecular weight is 454 g/mol. The minimum Gasteiger partial charge on any atom is -0.481 e. The van der Waals surface area contributed by atoms with Crippen molar-refractivity contribution in [2.45, 2.75) is 24.0 Å². The van der Waals surface area contributed by atoms with Gasteiger partial charge in [-0.25, -0.2) is 4.98 Å². The molecule has 2 atom stereocenters. The molecule has 168 valence electrons. The van der Waals surface area contributed by atoms with Crippen LogP contribution in [0, 0.1) is 5.92 Å². The van der Waals surface area contributed by atoms with Crippen molar-refractivity contribution in [1.29, 1.82) is 0 Å². The minimum absolute atomic E-state index is 0.203. The first kappa shape index (κ1) is 21.4. The van der Waals surface area contributed by atoms with Crippen LogP contribution in [0.1, 0.15) is 11.3 Å². The Hall–Kier alpha value is -2.46. The number of nitrogens with one attached hydrogen (secondary N) is 1. The zero-order chi connectivity index (χ0) is 21.9. The number of methoxy groups -OCH3 is 1. The summed E-state index contributed by atoms with van der Waals surface area (Å²) in [6.07, 6.45) is 4.15. The molecule has 0 aliphatic carbocycles. The van der Waals surface area contributed by atoms with Gasteiger partial charge < -0.3 is 24.8 Å². The number of hydrogen-bond acceptors (Lipinski definition) is 9. The molecule has 0 spiro atoms. The maximum absolute atomic E-state index is 10.6. The van der Waals surface area contributed by atoms with Crippen LogP contribution in [0.25, 0.3) is 11.0 Å². The first-order valence-corrected chi connectivity index (χ1v) is 11.8. The van der Waals surface area contributed by atoms with Gasteiger partial charge in [-0.1, -0.05) is 11.8 Å². The third kappa shape index (κ3) is 4.66. The van der Waals surface area contributed by atoms with Gasteiger partial charge in [0, 0.05) is 50.9 Å². The largest absolute Gasteiger partial charge is 0.481 e. The first-order valence-electron chi connectivity index (χ1n) is 10.8. The van der Waals surface area contributed by atoms with Gasteiger partial charge in [-0.2, -0.15) is 0 Å². The van der Waals surface area contributed by atoms with Gasteiger partial charge in [-0.3, -0.25) is 9.97 Å². The molecule has 1 saturated heterocycles. The van der Waals surface area contributed by atoms with E-state index < -0.39 is 0 Å². The van der Waals surface area contributed by atoms with Gasteiger partial charge >= 0.3 is 0 Å². The smallest absolute Gasteiger partial charge is 0.213 e. The van der Waals surface area contributed by atoms with E-state index in [-0.39, 0.29) is 12.0 Å². The second-order valence-corrected chi connectivity index (χ2v) is 9.15. The van der Waals surface area contributed by atoms with E-state index in [4.69, 9.17) is 9.47 Å². The molecule has 2 unspecified atom stereocenters. The molecule has 1 fully saturated rings. The number of rotatable bonds is 8. The highest BCUT2D eigenvalue weighted by Gasteiger charge is 2.30. The number of ether oxygens (including phenoxy) is 2. The molecule has 9 heteroatoms. The Balaban J connectivity index is 1.13. The Morgan fingerprint density at radius 3 is 3.12 bits per heavy atom. The van der Waals surface area contributed by atoms with Crippen LogP contribution in [0.4, 0.5) is 0 Å². The predicted octanol–water partition coefficient (Wildman–Crippen LogP) is 2.10. The van der Waals surface area contributed by atoms with Crippen LogP contribution in [-0.4, -0.2) is 70.3 Å². The van der Waals surface area contributed by atoms with Crippen LogP contribution < -0.4 is 14.8 Å². The molecule has 0 bridgehead atoms. The van der Waals surface area contributed by atoms with E-state index in [1.54, 1.807) is 25.1 Å². The summed E-state index contributed by atoms with van der Waals surface area (Å²) in [5, 5.41) is 14.0. The number of nitrogens with zero attached hydrogens (tertiary/aromatic N) is 4. The molecule has 0 radical (unpaired) electrons. The van der Waals surface area contributed by atoms with Crippen LogP contribution in [0.15, 0.2) is 41.6 Å². The van der Waals surface area contributed by atoms with Crippen molar-refractivity contribution in [3.63, 3.8) is 0 Å². The monoisotopic (exact) mass is 453 g/mol. The minimum atomic E-state index is -0.327. The molecule has 3 aromatic rings. The average Bonchev–Trinajstić information content (AvgIpc) is 3.43. The quantitative estimate of drug-likeness (QED) is 0.532. The Morgan fingerprint density at radius 1 is 1.28 bits per heavy atom. The fraction of sp³-hybridized carbons (Fsp3) is 0.435. The van der Waals surface area contributed by atoms with Crippen molar-refractivity contribution >= 4 is 22.8 Å². The number of likely N-dealkylation sites (tertiary alicyclic amines) is 1. The maximum Gasteiger partial charge on any atom is 0.213 e. The third-order valence-corrected chi connectivity index (χ3v) is 6.93. The van der Waals surface area contributed by atoms with Crippen LogP contribution in [0.5, 0.6) is 11.6 Å². The number of aliphatic hydroxyl groups excluding tert-OH is 1. The summed E-state index contributed by atoms with van der Waals surface area (Å²) >= 11 is 1.70. The van der Waals surface area contributed by atoms with Crippen LogP contribution in [-0.2, 0) is 13.0 Å². The van der Waals surface area contributed by atoms with E-state index in [2.05, 4.69) is 31.2 Å². The Labute approximate surface area is 191 Å². The lowest BCUT2D eigenvalue weighted by molar-refractivity contribution is 0.140. The molecule has 0 aromatic carbocycles. The number of hydrogen-bond donors (Lipinski definition) is 2. The van der Waals surface area contributed by atoms with Crippen LogP contribution in [0.2, 0.25) is 0 Å². The van der Waals surface area contributed by atoms with E-state index in [0.29, 0.717) is 24.9 Å². The van der Waals surface area contributed by atoms with E-state index in [9.17, 15) is 5.11 Å². The second-order valence-electron chi connectivity index (χ2n) is 8.19. The van der Waals surface area contributed by atoms with Crippen molar-refractivity contribution in [3.8, 4) is 11.6 Å². The molecular weight excluding hydrogens is 426 g/mol. The molecule has 32 heavy (non-hydrogen) atoms. The fourth-order valence-electron chi connectivity index (χ4n) is 4.30. The third-order valence-electron chi connectivity index (χ3n) is 6.06. The highest BCUT2D eigenvalue weighted by atomic mass is 32.2. The maximum atomic E-state index is 10.6. The van der Waals surface area contributed by atoms with Crippen LogP contribution >= 0.6 is 11.8 Å². The number of pyridine rings is 3. The van der Waals surface area contributed by atoms with Crippen molar-refractivity contribution < 1.29 is 14.6 Å². The summed E-state index contributed by atoms with van der Waals surface area (Å²) in [6, 6.07) is 7.87. The molecular formula is C23H27N5O3S. The first-order chi connectivity index (χ1) is 15.7. The lowest BCUT2D eigenvalue weighted by Gasteiger charge is -2.16. The van der Waals surface area contributed by atoms with Crippen molar-refractivity contribution in [3.05, 3.63) is 47.9 Å². The van der Waals surface area contributed by atoms with E-state index in [0.717, 1.165) is 59.0 Å². The molecule has 2 aliphatic heterocycles. The zero-order valence-corrected chi connectivity index (χ0v) is 18.8. The standard InChI is InChI=1S/C23H27N5O3S/c1-30-22-3-2-18-23(27-22)15(4-6-25-18)5-7-28-12-16(19(29)13-28)9-24-10-17-8-21-20(11-26-17)31-14-32-21/h2-4,6,8,11,16,19,24,29H,5,7,9-10,12-14H2,1H3. The molecule has 2 aliphatic rings. The molecule has 2 N–H and O–H groups in total. The van der Waals surface area contributed by atoms with Gasteiger partial charge in [0.25, 0.3) is 0 Å². The molecule has 0 saturated carbocycles. The second kappa shape index (κ2) is 9.58. The number of aromatic nitrogens is 3. The number of β-amino-alcohol motifs (C(OH)–C–C–N with tert-alkyl or cyclic N) is 1. The van der Waals surface area contributed by atoms with E-state index in [1.807, 2.05) is 24.4 Å². The topological polar surface area (TPSA) is 92.6 Å². The molecule has 3 aromatic heterocycles. The summed E-state index contributed by atoms with van der Waals surface area (Å²) in [5.41, 5.74) is 3.90. The Kier molecular flexibility index (Phi) is 6.40. The summed E-state index contributed by atoms with van der Waals surface area (Å²) in [6.45, 7) is 3.88. The highest BCUT2D eigenvalue weighted by molar-refractivity contribution is 7.99. The Bertz CT molecular complexity index is 1100. The highest BCUT2D eigenvalue weighted by Crippen LogP contribution is 2.35. The van der Waals surface area contributed by atoms with Gasteiger partial charge in [0.15, 0.2) is 5.75 Å². The van der Waals surface area contributed by atoms with Gasteiger partial charge in [0.1, 0.15) is 5.94 Å². The number of fused-ring (bicyclic) bond motifs is 2. The van der Waals surface area contributed by atoms with Gasteiger partial charge in [0.2, 0.25) is 5.88 Å². The molecule has 5 heterocycles. The SMILES string of the molecule is COc1ccc2nccc(CCN3CC(O)C(CNCc4cc5c(cn4)OCS5)C3)c2n1. The molecule has 8 nitrogen and oxygen atoms in total. The number of aliphatic hydroxyl groups is 1. The van der Waals surface area contributed by atoms with Crippen molar-refractivity contribution in [2.24, 2.45) is 5.92 Å². The Morgan fingerprint density at radius 2 is 2.22 bits per heavy atom. The van der Waals surface area contributed by atoms with Gasteiger partial charge in [-0.15, -0.1) is 0 Å². The predicted molar refractivity (Wildman–Crippen MR) is 123 cm³/mol. The summed E-state index contributed by atoms with van der Waals surface area (Å²) in [4.78, 5) is 16.9. The lowest BCUT2D eigenvalue weighted by atomic mass is 10.1. The summed E-state index contributed by atoms with van der Waals surface area (Å²) in [7, 11) is 1.62. The van der Waals surface area contributed by atoms with E-state index >= 15 is 0 Å². The van der Waals surface area contributed by atoms with Gasteiger partial charge in [0.05, 0.1) is 41.0 Å². The molecule has 5 rings (SSSR count). The fourth-order valence-corrected chi connectivity index (χ4v) is 5.09. The number of thioether (sulfide) groups is 1. The van der Waals surface area contributed by atoms with Crippen molar-refractivity contribution in [1.82, 2.24) is 25.2 Å². The van der Waals surface area contributed by atoms with E-state index in [1.165, 1.54) is 0 Å². The van der Waals surface area contributed by atoms with Gasteiger partial charge in [-0.05, 0) is 30.2 Å². The normalized spacial score (nSPS) is 20.4. The van der Waals surface area contributed by atoms with Crippen molar-refractivity contribution in [2.75, 3.05) is 39.2 Å². The summed E-state index contributed by atoms with van der Waals surface area (Å²) < 4.78 is 10.8. The summed E-state index contributed by atoms with van der Waals surface area (Å²) in [5.74, 6) is 2.33. The van der Waals surface area contributed by atoms with Crippen LogP contribution in [0.3, 0.4) is 0 Å². The molecule has 0 amide bonds. The zero-order valence-electron chi connectivity index (χ0n) is 18.0.